The summed E-state index contributed by atoms with van der Waals surface area (Å²) in [6.07, 6.45) is 0.988. The van der Waals surface area contributed by atoms with Gasteiger partial charge >= 0.3 is 11.9 Å². The van der Waals surface area contributed by atoms with E-state index in [0.717, 1.165) is 11.1 Å². The normalized spacial score (nSPS) is 16.1. The first-order valence-corrected chi connectivity index (χ1v) is 12.2. The number of ether oxygens (including phenoxy) is 2. The maximum Gasteiger partial charge on any atom is 0.350 e. The van der Waals surface area contributed by atoms with Crippen molar-refractivity contribution < 1.29 is 32.0 Å². The molecule has 0 radical (unpaired) electrons. The second-order valence-corrected chi connectivity index (χ2v) is 11.4. The molecule has 33 heavy (non-hydrogen) atoms. The molecule has 2 aromatic rings. The smallest absolute Gasteiger partial charge is 0.350 e. The fourth-order valence-electron chi connectivity index (χ4n) is 2.99. The molecular weight excluding hydrogens is 466 g/mol. The summed E-state index contributed by atoms with van der Waals surface area (Å²) in [5.74, 6) is -3.22. The molecule has 1 heterocycles. The second kappa shape index (κ2) is 8.85. The van der Waals surface area contributed by atoms with E-state index in [2.05, 4.69) is 26.1 Å². The van der Waals surface area contributed by atoms with Gasteiger partial charge in [-0.1, -0.05) is 44.7 Å². The summed E-state index contributed by atoms with van der Waals surface area (Å²) in [6, 6.07) is 12.3. The van der Waals surface area contributed by atoms with Crippen LogP contribution in [-0.2, 0) is 34.6 Å². The lowest BCUT2D eigenvalue weighted by molar-refractivity contribution is -0.222. The first-order chi connectivity index (χ1) is 15.2. The minimum Gasteiger partial charge on any atom is -0.419 e. The minimum absolute atomic E-state index is 0.0100. The number of carbonyl (C=O) groups excluding carboxylic acids is 2. The van der Waals surface area contributed by atoms with Crippen LogP contribution in [0.15, 0.2) is 68.9 Å². The fraction of sp³-hybridized carbons (Fsp3) is 0.304. The average Bonchev–Trinajstić information content (AvgIpc) is 2.66. The van der Waals surface area contributed by atoms with E-state index in [1.54, 1.807) is 6.07 Å². The van der Waals surface area contributed by atoms with Crippen LogP contribution in [0.3, 0.4) is 0 Å². The highest BCUT2D eigenvalue weighted by atomic mass is 32.2. The Bertz CT molecular complexity index is 1200. The molecule has 0 aliphatic carbocycles. The molecule has 8 nitrogen and oxygen atoms in total. The summed E-state index contributed by atoms with van der Waals surface area (Å²) in [7, 11) is -4.61. The highest BCUT2D eigenvalue weighted by Crippen LogP contribution is 2.34. The van der Waals surface area contributed by atoms with Gasteiger partial charge in [0.05, 0.1) is 5.69 Å². The van der Waals surface area contributed by atoms with Crippen molar-refractivity contribution in [3.05, 3.63) is 59.8 Å². The Morgan fingerprint density at radius 1 is 0.970 bits per heavy atom. The largest absolute Gasteiger partial charge is 0.419 e. The minimum atomic E-state index is -4.61. The molecule has 1 saturated heterocycles. The van der Waals surface area contributed by atoms with Crippen LogP contribution in [0.4, 0.5) is 5.69 Å². The van der Waals surface area contributed by atoms with Crippen molar-refractivity contribution >= 4 is 39.5 Å². The molecule has 2 aromatic carbocycles. The summed E-state index contributed by atoms with van der Waals surface area (Å²) in [4.78, 5) is 25.2. The van der Waals surface area contributed by atoms with Crippen LogP contribution in [0.1, 0.15) is 40.2 Å². The standard InChI is InChI=1S/C23H25NO7S2/c1-22(2,3)14-6-8-15(9-7-14)32-16-10-11-18(19(12-16)33(27,28)29)24-13-17-20(25)30-23(4,5)31-21(17)26/h6-13,24H,1-5H3,(H,27,28,29). The van der Waals surface area contributed by atoms with Gasteiger partial charge in [-0.2, -0.15) is 8.42 Å². The van der Waals surface area contributed by atoms with E-state index in [9.17, 15) is 22.6 Å². The van der Waals surface area contributed by atoms with E-state index in [-0.39, 0.29) is 11.1 Å². The molecule has 0 unspecified atom stereocenters. The highest BCUT2D eigenvalue weighted by molar-refractivity contribution is 7.99. The Kier molecular flexibility index (Phi) is 6.65. The van der Waals surface area contributed by atoms with Gasteiger partial charge in [-0.25, -0.2) is 9.59 Å². The van der Waals surface area contributed by atoms with Crippen LogP contribution < -0.4 is 5.32 Å². The Hall–Kier alpha value is -2.82. The van der Waals surface area contributed by atoms with E-state index in [4.69, 9.17) is 9.47 Å². The van der Waals surface area contributed by atoms with E-state index < -0.39 is 38.3 Å². The van der Waals surface area contributed by atoms with Crippen molar-refractivity contribution in [2.45, 2.75) is 60.5 Å². The zero-order chi connectivity index (χ0) is 24.6. The molecule has 2 N–H and O–H groups in total. The Balaban J connectivity index is 1.86. The Morgan fingerprint density at radius 2 is 1.52 bits per heavy atom. The average molecular weight is 492 g/mol. The number of anilines is 1. The summed E-state index contributed by atoms with van der Waals surface area (Å²) < 4.78 is 43.7. The lowest BCUT2D eigenvalue weighted by atomic mass is 9.87. The van der Waals surface area contributed by atoms with Crippen LogP contribution in [0.5, 0.6) is 0 Å². The number of nitrogens with one attached hydrogen (secondary N) is 1. The number of hydrogen-bond donors (Lipinski definition) is 2. The first kappa shape index (κ1) is 24.8. The SMILES string of the molecule is CC1(C)OC(=O)C(=CNc2ccc(Sc3ccc(C(C)(C)C)cc3)cc2S(=O)(=O)O)C(=O)O1. The van der Waals surface area contributed by atoms with Crippen LogP contribution in [0.2, 0.25) is 0 Å². The summed E-state index contributed by atoms with van der Waals surface area (Å²) >= 11 is 1.33. The van der Waals surface area contributed by atoms with Gasteiger partial charge in [0.1, 0.15) is 4.90 Å². The predicted octanol–water partition coefficient (Wildman–Crippen LogP) is 4.51. The molecular formula is C23H25NO7S2. The fourth-order valence-corrected chi connectivity index (χ4v) is 4.60. The number of benzene rings is 2. The lowest BCUT2D eigenvalue weighted by Gasteiger charge is -2.29. The van der Waals surface area contributed by atoms with Crippen molar-refractivity contribution in [2.24, 2.45) is 0 Å². The first-order valence-electron chi connectivity index (χ1n) is 9.99. The number of esters is 2. The molecule has 0 saturated carbocycles. The molecule has 3 rings (SSSR count). The van der Waals surface area contributed by atoms with Gasteiger partial charge in [0.2, 0.25) is 0 Å². The summed E-state index contributed by atoms with van der Waals surface area (Å²) in [5, 5.41) is 2.58. The molecule has 176 valence electrons. The van der Waals surface area contributed by atoms with E-state index in [0.29, 0.717) is 4.90 Å². The van der Waals surface area contributed by atoms with E-state index >= 15 is 0 Å². The molecule has 1 fully saturated rings. The van der Waals surface area contributed by atoms with Gasteiger partial charge < -0.3 is 14.8 Å². The molecule has 0 spiro atoms. The number of rotatable bonds is 5. The van der Waals surface area contributed by atoms with Crippen molar-refractivity contribution in [3.63, 3.8) is 0 Å². The van der Waals surface area contributed by atoms with E-state index in [1.807, 2.05) is 24.3 Å². The molecule has 0 bridgehead atoms. The molecule has 0 amide bonds. The number of hydrogen-bond acceptors (Lipinski definition) is 8. The predicted molar refractivity (Wildman–Crippen MR) is 123 cm³/mol. The number of cyclic esters (lactones) is 2. The maximum atomic E-state index is 12.1. The van der Waals surface area contributed by atoms with Crippen molar-refractivity contribution in [1.29, 1.82) is 0 Å². The van der Waals surface area contributed by atoms with Crippen LogP contribution in [-0.4, -0.2) is 30.7 Å². The van der Waals surface area contributed by atoms with E-state index in [1.165, 1.54) is 43.3 Å². The van der Waals surface area contributed by atoms with Gasteiger partial charge in [-0.15, -0.1) is 0 Å². The van der Waals surface area contributed by atoms with Gasteiger partial charge in [0.25, 0.3) is 15.9 Å². The Labute approximate surface area is 197 Å². The molecule has 1 aliphatic heterocycles. The topological polar surface area (TPSA) is 119 Å². The highest BCUT2D eigenvalue weighted by Gasteiger charge is 2.39. The maximum absolute atomic E-state index is 12.1. The van der Waals surface area contributed by atoms with Crippen molar-refractivity contribution in [1.82, 2.24) is 0 Å². The molecule has 0 atom stereocenters. The monoisotopic (exact) mass is 491 g/mol. The third kappa shape index (κ3) is 6.16. The van der Waals surface area contributed by atoms with Gasteiger partial charge in [-0.05, 0) is 41.3 Å². The Morgan fingerprint density at radius 3 is 2.03 bits per heavy atom. The van der Waals surface area contributed by atoms with Crippen molar-refractivity contribution in [2.75, 3.05) is 5.32 Å². The third-order valence-corrected chi connectivity index (χ3v) is 6.57. The summed E-state index contributed by atoms with van der Waals surface area (Å²) in [6.45, 7) is 9.17. The zero-order valence-electron chi connectivity index (χ0n) is 18.8. The van der Waals surface area contributed by atoms with Crippen molar-refractivity contribution in [3.8, 4) is 0 Å². The number of carbonyl (C=O) groups is 2. The third-order valence-electron chi connectivity index (χ3n) is 4.68. The van der Waals surface area contributed by atoms with Crippen LogP contribution in [0.25, 0.3) is 0 Å². The van der Waals surface area contributed by atoms with Gasteiger partial charge in [0, 0.05) is 29.8 Å². The second-order valence-electron chi connectivity index (χ2n) is 8.89. The molecule has 10 heteroatoms. The summed E-state index contributed by atoms with van der Waals surface area (Å²) in [5.41, 5.74) is 0.716. The zero-order valence-corrected chi connectivity index (χ0v) is 20.5. The van der Waals surface area contributed by atoms with Crippen LogP contribution in [0, 0.1) is 0 Å². The molecule has 0 aromatic heterocycles. The lowest BCUT2D eigenvalue weighted by Crippen LogP contribution is -2.42. The van der Waals surface area contributed by atoms with Gasteiger partial charge in [0.15, 0.2) is 5.57 Å². The molecule has 1 aliphatic rings. The van der Waals surface area contributed by atoms with Crippen LogP contribution >= 0.6 is 11.8 Å². The van der Waals surface area contributed by atoms with Gasteiger partial charge in [-0.3, -0.25) is 4.55 Å². The quantitative estimate of drug-likeness (QED) is 0.269.